The average Bonchev–Trinajstić information content (AvgIpc) is 2.98. The zero-order valence-corrected chi connectivity index (χ0v) is 12.0. The highest BCUT2D eigenvalue weighted by atomic mass is 32.1. The van der Waals surface area contributed by atoms with Crippen LogP contribution < -0.4 is 10.6 Å². The predicted octanol–water partition coefficient (Wildman–Crippen LogP) is 2.32. The molecule has 2 aromatic rings. The number of carbonyl (C=O) groups is 1. The minimum Gasteiger partial charge on any atom is -0.330 e. The Labute approximate surface area is 115 Å². The highest BCUT2D eigenvalue weighted by Crippen LogP contribution is 2.17. The Bertz CT molecular complexity index is 562. The van der Waals surface area contributed by atoms with Crippen molar-refractivity contribution in [2.24, 2.45) is 7.05 Å². The fourth-order valence-electron chi connectivity index (χ4n) is 1.61. The second-order valence-corrected chi connectivity index (χ2v) is 5.19. The number of thiazole rings is 1. The lowest BCUT2D eigenvalue weighted by atomic mass is 10.2. The van der Waals surface area contributed by atoms with Crippen molar-refractivity contribution >= 4 is 23.1 Å². The van der Waals surface area contributed by atoms with E-state index in [2.05, 4.69) is 27.6 Å². The van der Waals surface area contributed by atoms with Gasteiger partial charge >= 0.3 is 6.03 Å². The summed E-state index contributed by atoms with van der Waals surface area (Å²) in [4.78, 5) is 16.3. The maximum Gasteiger partial charge on any atom is 0.319 e. The second-order valence-electron chi connectivity index (χ2n) is 4.24. The lowest BCUT2D eigenvalue weighted by molar-refractivity contribution is 0.249. The number of amides is 2. The molecule has 0 spiro atoms. The van der Waals surface area contributed by atoms with Crippen LogP contribution in [-0.4, -0.2) is 20.8 Å². The van der Waals surface area contributed by atoms with Gasteiger partial charge in [-0.3, -0.25) is 4.68 Å². The molecule has 0 aromatic carbocycles. The number of nitrogens with zero attached hydrogens (tertiary/aromatic N) is 3. The summed E-state index contributed by atoms with van der Waals surface area (Å²) in [6.07, 6.45) is 4.25. The van der Waals surface area contributed by atoms with Crippen LogP contribution >= 0.6 is 11.3 Å². The highest BCUT2D eigenvalue weighted by Gasteiger charge is 2.13. The van der Waals surface area contributed by atoms with Gasteiger partial charge in [-0.25, -0.2) is 9.78 Å². The number of hydrogen-bond donors (Lipinski definition) is 2. The number of rotatable bonds is 4. The number of carbonyl (C=O) groups excluding carboxylic acids is 1. The van der Waals surface area contributed by atoms with Crippen molar-refractivity contribution in [3.63, 3.8) is 0 Å². The van der Waals surface area contributed by atoms with E-state index in [9.17, 15) is 4.79 Å². The molecule has 0 aliphatic rings. The molecule has 2 amide bonds. The van der Waals surface area contributed by atoms with Crippen molar-refractivity contribution in [2.75, 3.05) is 5.32 Å². The van der Waals surface area contributed by atoms with Gasteiger partial charge in [0.1, 0.15) is 0 Å². The number of hydrogen-bond acceptors (Lipinski definition) is 4. The molecule has 19 heavy (non-hydrogen) atoms. The van der Waals surface area contributed by atoms with E-state index in [0.29, 0.717) is 5.69 Å². The Morgan fingerprint density at radius 3 is 2.95 bits per heavy atom. The van der Waals surface area contributed by atoms with Gasteiger partial charge in [0.15, 0.2) is 0 Å². The molecule has 2 N–H and O–H groups in total. The van der Waals surface area contributed by atoms with Gasteiger partial charge in [-0.15, -0.1) is 11.3 Å². The van der Waals surface area contributed by atoms with Crippen LogP contribution in [0, 0.1) is 0 Å². The Kier molecular flexibility index (Phi) is 4.16. The Balaban J connectivity index is 1.91. The van der Waals surface area contributed by atoms with E-state index < -0.39 is 0 Å². The van der Waals surface area contributed by atoms with Crippen LogP contribution in [0.1, 0.15) is 30.6 Å². The Hall–Kier alpha value is -1.89. The Morgan fingerprint density at radius 1 is 1.58 bits per heavy atom. The quantitative estimate of drug-likeness (QED) is 0.902. The van der Waals surface area contributed by atoms with Crippen molar-refractivity contribution in [2.45, 2.75) is 26.3 Å². The number of aromatic nitrogens is 3. The molecule has 2 aromatic heterocycles. The zero-order valence-electron chi connectivity index (χ0n) is 11.2. The number of anilines is 1. The standard InChI is InChI=1S/C12H17N5OS/c1-4-11-16-10(7-19-11)8(2)14-12(18)15-9-5-13-17(3)6-9/h5-8H,4H2,1-3H3,(H2,14,15,18). The van der Waals surface area contributed by atoms with E-state index >= 15 is 0 Å². The summed E-state index contributed by atoms with van der Waals surface area (Å²) in [5.41, 5.74) is 1.56. The van der Waals surface area contributed by atoms with E-state index in [-0.39, 0.29) is 12.1 Å². The first-order valence-electron chi connectivity index (χ1n) is 6.09. The molecule has 2 rings (SSSR count). The number of aryl methyl sites for hydroxylation is 2. The topological polar surface area (TPSA) is 71.8 Å². The summed E-state index contributed by atoms with van der Waals surface area (Å²) in [6, 6.07) is -0.375. The minimum absolute atomic E-state index is 0.117. The van der Waals surface area contributed by atoms with Gasteiger partial charge in [-0.1, -0.05) is 6.92 Å². The lowest BCUT2D eigenvalue weighted by Crippen LogP contribution is -2.31. The third-order valence-electron chi connectivity index (χ3n) is 2.63. The van der Waals surface area contributed by atoms with Crippen molar-refractivity contribution in [3.8, 4) is 0 Å². The third kappa shape index (κ3) is 3.54. The van der Waals surface area contributed by atoms with E-state index in [1.165, 1.54) is 0 Å². The van der Waals surface area contributed by atoms with Crippen molar-refractivity contribution < 1.29 is 4.79 Å². The van der Waals surface area contributed by atoms with E-state index in [4.69, 9.17) is 0 Å². The van der Waals surface area contributed by atoms with Crippen molar-refractivity contribution in [3.05, 3.63) is 28.5 Å². The SMILES string of the molecule is CCc1nc(C(C)NC(=O)Nc2cnn(C)c2)cs1. The van der Waals surface area contributed by atoms with Crippen molar-refractivity contribution in [1.82, 2.24) is 20.1 Å². The maximum atomic E-state index is 11.8. The number of nitrogens with one attached hydrogen (secondary N) is 2. The first kappa shape index (κ1) is 13.5. The van der Waals surface area contributed by atoms with Gasteiger partial charge < -0.3 is 10.6 Å². The minimum atomic E-state index is -0.258. The summed E-state index contributed by atoms with van der Waals surface area (Å²) >= 11 is 1.62. The molecular weight excluding hydrogens is 262 g/mol. The van der Waals surface area contributed by atoms with Gasteiger partial charge in [-0.05, 0) is 13.3 Å². The average molecular weight is 279 g/mol. The van der Waals surface area contributed by atoms with Gasteiger partial charge in [0.2, 0.25) is 0 Å². The summed E-state index contributed by atoms with van der Waals surface area (Å²) in [7, 11) is 1.80. The summed E-state index contributed by atoms with van der Waals surface area (Å²) in [5, 5.41) is 12.6. The molecule has 1 atom stereocenters. The molecule has 6 nitrogen and oxygen atoms in total. The zero-order chi connectivity index (χ0) is 13.8. The maximum absolute atomic E-state index is 11.8. The molecule has 1 unspecified atom stereocenters. The van der Waals surface area contributed by atoms with Gasteiger partial charge in [0.05, 0.1) is 28.6 Å². The van der Waals surface area contributed by atoms with Crippen LogP contribution in [0.5, 0.6) is 0 Å². The van der Waals surface area contributed by atoms with Crippen LogP contribution in [0.3, 0.4) is 0 Å². The van der Waals surface area contributed by atoms with Crippen LogP contribution in [0.4, 0.5) is 10.5 Å². The largest absolute Gasteiger partial charge is 0.330 e. The fraction of sp³-hybridized carbons (Fsp3) is 0.417. The molecule has 102 valence electrons. The molecule has 2 heterocycles. The van der Waals surface area contributed by atoms with Crippen LogP contribution in [0.25, 0.3) is 0 Å². The van der Waals surface area contributed by atoms with Crippen LogP contribution in [-0.2, 0) is 13.5 Å². The molecule has 0 aliphatic carbocycles. The molecule has 0 saturated heterocycles. The molecular formula is C12H17N5OS. The molecule has 7 heteroatoms. The fourth-order valence-corrected chi connectivity index (χ4v) is 2.45. The highest BCUT2D eigenvalue weighted by molar-refractivity contribution is 7.09. The molecule has 0 saturated carbocycles. The van der Waals surface area contributed by atoms with Crippen molar-refractivity contribution in [1.29, 1.82) is 0 Å². The lowest BCUT2D eigenvalue weighted by Gasteiger charge is -2.11. The monoisotopic (exact) mass is 279 g/mol. The normalized spacial score (nSPS) is 12.2. The van der Waals surface area contributed by atoms with E-state index in [1.54, 1.807) is 35.5 Å². The summed E-state index contributed by atoms with van der Waals surface area (Å²) in [6.45, 7) is 3.98. The van der Waals surface area contributed by atoms with E-state index in [0.717, 1.165) is 17.1 Å². The van der Waals surface area contributed by atoms with Gasteiger partial charge in [0, 0.05) is 18.6 Å². The first-order valence-corrected chi connectivity index (χ1v) is 6.97. The smallest absolute Gasteiger partial charge is 0.319 e. The van der Waals surface area contributed by atoms with E-state index in [1.807, 2.05) is 12.3 Å². The van der Waals surface area contributed by atoms with Crippen LogP contribution in [0.15, 0.2) is 17.8 Å². The molecule has 0 bridgehead atoms. The first-order chi connectivity index (χ1) is 9.08. The molecule has 0 fully saturated rings. The molecule has 0 radical (unpaired) electrons. The summed E-state index contributed by atoms with van der Waals surface area (Å²) < 4.78 is 1.63. The van der Waals surface area contributed by atoms with Crippen LogP contribution in [0.2, 0.25) is 0 Å². The van der Waals surface area contributed by atoms with Gasteiger partial charge in [0.25, 0.3) is 0 Å². The number of urea groups is 1. The van der Waals surface area contributed by atoms with Gasteiger partial charge in [-0.2, -0.15) is 5.10 Å². The molecule has 0 aliphatic heterocycles. The second kappa shape index (κ2) is 5.83. The Morgan fingerprint density at radius 2 is 2.37 bits per heavy atom. The third-order valence-corrected chi connectivity index (χ3v) is 3.64. The predicted molar refractivity (Wildman–Crippen MR) is 75.3 cm³/mol. The summed E-state index contributed by atoms with van der Waals surface area (Å²) in [5.74, 6) is 0.